The zero-order chi connectivity index (χ0) is 19.6. The highest BCUT2D eigenvalue weighted by molar-refractivity contribution is 5.89. The first-order valence-electron chi connectivity index (χ1n) is 9.65. The largest absolute Gasteiger partial charge is 0.465 e. The van der Waals surface area contributed by atoms with Gasteiger partial charge in [-0.3, -0.25) is 4.90 Å². The minimum atomic E-state index is -0.311. The molecule has 0 saturated carbocycles. The summed E-state index contributed by atoms with van der Waals surface area (Å²) in [5, 5.41) is 0. The number of hydrogen-bond donors (Lipinski definition) is 0. The highest BCUT2D eigenvalue weighted by atomic mass is 16.5. The molecule has 0 radical (unpaired) electrons. The third-order valence-electron chi connectivity index (χ3n) is 4.71. The highest BCUT2D eigenvalue weighted by Crippen LogP contribution is 2.11. The number of nitrogens with zero attached hydrogens (tertiary/aromatic N) is 1. The molecule has 1 heterocycles. The van der Waals surface area contributed by atoms with Crippen molar-refractivity contribution in [3.05, 3.63) is 82.9 Å². The van der Waals surface area contributed by atoms with Crippen LogP contribution in [0, 0.1) is 0 Å². The molecule has 0 bridgehead atoms. The summed E-state index contributed by atoms with van der Waals surface area (Å²) in [6, 6.07) is 16.1. The van der Waals surface area contributed by atoms with Crippen LogP contribution >= 0.6 is 0 Å². The maximum Gasteiger partial charge on any atom is 0.337 e. The van der Waals surface area contributed by atoms with Gasteiger partial charge >= 0.3 is 5.97 Å². The van der Waals surface area contributed by atoms with Crippen LogP contribution in [0.2, 0.25) is 0 Å². The third-order valence-corrected chi connectivity index (χ3v) is 4.71. The summed E-state index contributed by atoms with van der Waals surface area (Å²) < 4.78 is 10.1. The van der Waals surface area contributed by atoms with E-state index in [2.05, 4.69) is 53.5 Å². The molecule has 28 heavy (non-hydrogen) atoms. The van der Waals surface area contributed by atoms with Gasteiger partial charge in [0.2, 0.25) is 0 Å². The van der Waals surface area contributed by atoms with E-state index in [4.69, 9.17) is 9.47 Å². The van der Waals surface area contributed by atoms with Gasteiger partial charge in [-0.05, 0) is 35.2 Å². The highest BCUT2D eigenvalue weighted by Gasteiger charge is 2.10. The van der Waals surface area contributed by atoms with Crippen LogP contribution in [0.25, 0.3) is 12.2 Å². The van der Waals surface area contributed by atoms with Crippen molar-refractivity contribution < 1.29 is 14.3 Å². The van der Waals surface area contributed by atoms with Crippen molar-refractivity contribution in [1.29, 1.82) is 0 Å². The minimum Gasteiger partial charge on any atom is -0.465 e. The van der Waals surface area contributed by atoms with E-state index in [1.165, 1.54) is 18.2 Å². The second-order valence-corrected chi connectivity index (χ2v) is 6.78. The van der Waals surface area contributed by atoms with E-state index in [1.54, 1.807) is 12.1 Å². The molecule has 2 aromatic rings. The standard InChI is InChI=1S/C24H27NO3/c1-27-24(26)23-13-11-21(12-14-23)6-4-2-3-5-20-7-9-22(10-8-20)19-25-15-17-28-18-16-25/h3-14H,2,15-19H2,1H3/b5-3+,6-4+. The molecule has 0 spiro atoms. The molecular weight excluding hydrogens is 350 g/mol. The molecule has 146 valence electrons. The number of allylic oxidation sites excluding steroid dienone is 2. The average molecular weight is 377 g/mol. The van der Waals surface area contributed by atoms with E-state index >= 15 is 0 Å². The Bertz CT molecular complexity index is 801. The molecule has 4 heteroatoms. The van der Waals surface area contributed by atoms with Gasteiger partial charge in [-0.2, -0.15) is 0 Å². The molecule has 1 aliphatic heterocycles. The molecule has 0 atom stereocenters. The zero-order valence-electron chi connectivity index (χ0n) is 16.3. The Labute approximate surface area is 167 Å². The van der Waals surface area contributed by atoms with Crippen LogP contribution < -0.4 is 0 Å². The molecule has 0 N–H and O–H groups in total. The summed E-state index contributed by atoms with van der Waals surface area (Å²) >= 11 is 0. The summed E-state index contributed by atoms with van der Waals surface area (Å²) in [5.74, 6) is -0.311. The maximum absolute atomic E-state index is 11.4. The van der Waals surface area contributed by atoms with Crippen LogP contribution in [0.1, 0.15) is 33.5 Å². The van der Waals surface area contributed by atoms with E-state index < -0.39 is 0 Å². The molecule has 4 nitrogen and oxygen atoms in total. The van der Waals surface area contributed by atoms with Crippen LogP contribution in [0.5, 0.6) is 0 Å². The monoisotopic (exact) mass is 377 g/mol. The van der Waals surface area contributed by atoms with E-state index in [0.29, 0.717) is 5.56 Å². The molecular formula is C24H27NO3. The van der Waals surface area contributed by atoms with Gasteiger partial charge in [0.25, 0.3) is 0 Å². The van der Waals surface area contributed by atoms with Crippen molar-refractivity contribution in [2.75, 3.05) is 33.4 Å². The molecule has 1 fully saturated rings. The summed E-state index contributed by atoms with van der Waals surface area (Å²) in [6.07, 6.45) is 9.31. The van der Waals surface area contributed by atoms with Crippen LogP contribution in [0.15, 0.2) is 60.7 Å². The smallest absolute Gasteiger partial charge is 0.337 e. The lowest BCUT2D eigenvalue weighted by molar-refractivity contribution is 0.0342. The summed E-state index contributed by atoms with van der Waals surface area (Å²) in [4.78, 5) is 13.9. The van der Waals surface area contributed by atoms with Gasteiger partial charge in [0.1, 0.15) is 0 Å². The first-order chi connectivity index (χ1) is 13.7. The number of carbonyl (C=O) groups is 1. The van der Waals surface area contributed by atoms with E-state index in [0.717, 1.165) is 44.8 Å². The van der Waals surface area contributed by atoms with Gasteiger partial charge in [-0.15, -0.1) is 0 Å². The Morgan fingerprint density at radius 3 is 2.11 bits per heavy atom. The lowest BCUT2D eigenvalue weighted by Gasteiger charge is -2.26. The number of morpholine rings is 1. The molecule has 3 rings (SSSR count). The molecule has 0 aromatic heterocycles. The van der Waals surface area contributed by atoms with Gasteiger partial charge in [0.15, 0.2) is 0 Å². The number of esters is 1. The number of ether oxygens (including phenoxy) is 2. The van der Waals surface area contributed by atoms with Gasteiger partial charge in [0, 0.05) is 19.6 Å². The first-order valence-corrected chi connectivity index (χ1v) is 9.65. The third kappa shape index (κ3) is 6.19. The lowest BCUT2D eigenvalue weighted by Crippen LogP contribution is -2.35. The number of hydrogen-bond acceptors (Lipinski definition) is 4. The molecule has 0 aliphatic carbocycles. The second kappa shape index (κ2) is 10.6. The fourth-order valence-electron chi connectivity index (χ4n) is 3.09. The van der Waals surface area contributed by atoms with E-state index in [1.807, 2.05) is 12.1 Å². The normalized spacial score (nSPS) is 15.3. The molecule has 0 unspecified atom stereocenters. The topological polar surface area (TPSA) is 38.8 Å². The Kier molecular flexibility index (Phi) is 7.59. The maximum atomic E-state index is 11.4. The summed E-state index contributed by atoms with van der Waals surface area (Å²) in [6.45, 7) is 4.69. The zero-order valence-corrected chi connectivity index (χ0v) is 16.3. The Balaban J connectivity index is 1.45. The van der Waals surface area contributed by atoms with Gasteiger partial charge < -0.3 is 9.47 Å². The minimum absolute atomic E-state index is 0.311. The Morgan fingerprint density at radius 2 is 1.54 bits per heavy atom. The van der Waals surface area contributed by atoms with Crippen molar-refractivity contribution in [3.8, 4) is 0 Å². The first kappa shape index (κ1) is 20.1. The fraction of sp³-hybridized carbons (Fsp3) is 0.292. The quantitative estimate of drug-likeness (QED) is 0.670. The van der Waals surface area contributed by atoms with Gasteiger partial charge in [-0.25, -0.2) is 4.79 Å². The number of rotatable bonds is 7. The van der Waals surface area contributed by atoms with Crippen LogP contribution in [-0.2, 0) is 16.0 Å². The fourth-order valence-corrected chi connectivity index (χ4v) is 3.09. The lowest BCUT2D eigenvalue weighted by atomic mass is 10.1. The number of methoxy groups -OCH3 is 1. The average Bonchev–Trinajstić information content (AvgIpc) is 2.75. The van der Waals surface area contributed by atoms with Crippen molar-refractivity contribution in [3.63, 3.8) is 0 Å². The van der Waals surface area contributed by atoms with Crippen molar-refractivity contribution >= 4 is 18.1 Å². The van der Waals surface area contributed by atoms with Crippen molar-refractivity contribution in [1.82, 2.24) is 4.90 Å². The van der Waals surface area contributed by atoms with Crippen molar-refractivity contribution in [2.45, 2.75) is 13.0 Å². The molecule has 2 aromatic carbocycles. The Hall–Kier alpha value is -2.69. The predicted molar refractivity (Wildman–Crippen MR) is 113 cm³/mol. The second-order valence-electron chi connectivity index (χ2n) is 6.78. The predicted octanol–water partition coefficient (Wildman–Crippen LogP) is 4.42. The van der Waals surface area contributed by atoms with Crippen molar-refractivity contribution in [2.24, 2.45) is 0 Å². The van der Waals surface area contributed by atoms with Crippen LogP contribution in [0.4, 0.5) is 0 Å². The van der Waals surface area contributed by atoms with Crippen LogP contribution in [0.3, 0.4) is 0 Å². The van der Waals surface area contributed by atoms with E-state index in [9.17, 15) is 4.79 Å². The number of benzene rings is 2. The number of carbonyl (C=O) groups excluding carboxylic acids is 1. The van der Waals surface area contributed by atoms with Crippen LogP contribution in [-0.4, -0.2) is 44.3 Å². The summed E-state index contributed by atoms with van der Waals surface area (Å²) in [7, 11) is 1.39. The SMILES string of the molecule is COC(=O)c1ccc(/C=C/C/C=C/c2ccc(CN3CCOCC3)cc2)cc1. The van der Waals surface area contributed by atoms with Gasteiger partial charge in [-0.1, -0.05) is 60.7 Å². The molecule has 0 amide bonds. The Morgan fingerprint density at radius 1 is 0.964 bits per heavy atom. The molecule has 1 aliphatic rings. The summed E-state index contributed by atoms with van der Waals surface area (Å²) in [5.41, 5.74) is 4.18. The molecule has 1 saturated heterocycles. The van der Waals surface area contributed by atoms with Gasteiger partial charge in [0.05, 0.1) is 25.9 Å². The van der Waals surface area contributed by atoms with E-state index in [-0.39, 0.29) is 5.97 Å².